The Labute approximate surface area is 269 Å². The number of anilines is 1. The Morgan fingerprint density at radius 3 is 1.80 bits per heavy atom. The highest BCUT2D eigenvalue weighted by atomic mass is 15.2. The van der Waals surface area contributed by atoms with E-state index in [2.05, 4.69) is 139 Å². The Hall–Kier alpha value is -5.74. The number of fused-ring (bicyclic) bond motifs is 5. The number of hydrogen-bond donors (Lipinski definition) is 1. The summed E-state index contributed by atoms with van der Waals surface area (Å²) in [4.78, 5) is 12.7. The van der Waals surface area contributed by atoms with Gasteiger partial charge in [-0.15, -0.1) is 0 Å². The summed E-state index contributed by atoms with van der Waals surface area (Å²) in [6.07, 6.45) is 8.93. The molecule has 2 unspecified atom stereocenters. The van der Waals surface area contributed by atoms with Gasteiger partial charge in [0.2, 0.25) is 0 Å². The standard InChI is InChI=1S/C42H32N4/c1-42-36-24-13-25-38(42)46(27-37(42)35-23-11-9-21-33(35)32-20-8-10-22-34(32)36)31-19-12-18-30(26-31)41-44-39(28-14-4-2-5-15-28)43-40(45-41)29-16-6-3-7-17-29/h2-27,38,41H,1H3,(H,43,44,45). The average molecular weight is 593 g/mol. The van der Waals surface area contributed by atoms with Crippen LogP contribution in [0.5, 0.6) is 0 Å². The van der Waals surface area contributed by atoms with Crippen LogP contribution in [0.4, 0.5) is 5.69 Å². The van der Waals surface area contributed by atoms with Crippen molar-refractivity contribution in [2.75, 3.05) is 4.90 Å². The van der Waals surface area contributed by atoms with Crippen molar-refractivity contribution < 1.29 is 0 Å². The van der Waals surface area contributed by atoms with Crippen molar-refractivity contribution in [3.8, 4) is 11.1 Å². The van der Waals surface area contributed by atoms with Crippen molar-refractivity contribution in [3.63, 3.8) is 0 Å². The quantitative estimate of drug-likeness (QED) is 0.226. The van der Waals surface area contributed by atoms with Crippen LogP contribution in [0.3, 0.4) is 0 Å². The van der Waals surface area contributed by atoms with Crippen molar-refractivity contribution in [1.29, 1.82) is 0 Å². The molecule has 4 aliphatic rings. The van der Waals surface area contributed by atoms with Gasteiger partial charge in [0, 0.05) is 34.0 Å². The van der Waals surface area contributed by atoms with Gasteiger partial charge in [-0.1, -0.05) is 140 Å². The van der Waals surface area contributed by atoms with Gasteiger partial charge in [0.1, 0.15) is 11.7 Å². The normalized spacial score (nSPS) is 21.1. The SMILES string of the molecule is CC12C3=CC=CC1N(c1cccc(C4N=C(c5ccccc5)NC(c5ccccc5)=N4)c1)C=C2c1ccccc1-c1ccccc13. The number of nitrogens with zero attached hydrogens (tertiary/aromatic N) is 3. The minimum Gasteiger partial charge on any atom is -0.339 e. The van der Waals surface area contributed by atoms with Gasteiger partial charge < -0.3 is 10.2 Å². The molecule has 4 heteroatoms. The van der Waals surface area contributed by atoms with Gasteiger partial charge in [-0.3, -0.25) is 0 Å². The van der Waals surface area contributed by atoms with E-state index in [1.807, 2.05) is 36.4 Å². The van der Waals surface area contributed by atoms with Crippen LogP contribution in [0, 0.1) is 5.41 Å². The molecule has 2 heterocycles. The number of nitrogens with one attached hydrogen (secondary N) is 1. The molecule has 2 aliphatic carbocycles. The molecule has 2 atom stereocenters. The van der Waals surface area contributed by atoms with Crippen molar-refractivity contribution in [2.24, 2.45) is 15.4 Å². The smallest absolute Gasteiger partial charge is 0.169 e. The lowest BCUT2D eigenvalue weighted by Crippen LogP contribution is -2.39. The first kappa shape index (κ1) is 26.6. The summed E-state index contributed by atoms with van der Waals surface area (Å²) in [6, 6.07) is 47.2. The van der Waals surface area contributed by atoms with Gasteiger partial charge in [0.05, 0.1) is 6.04 Å². The maximum absolute atomic E-state index is 5.14. The van der Waals surface area contributed by atoms with Gasteiger partial charge in [-0.05, 0) is 52.5 Å². The van der Waals surface area contributed by atoms with E-state index < -0.39 is 0 Å². The van der Waals surface area contributed by atoms with E-state index in [4.69, 9.17) is 9.98 Å². The topological polar surface area (TPSA) is 40.0 Å². The second-order valence-corrected chi connectivity index (χ2v) is 12.4. The Balaban J connectivity index is 1.17. The fourth-order valence-electron chi connectivity index (χ4n) is 7.60. The van der Waals surface area contributed by atoms with Crippen molar-refractivity contribution in [2.45, 2.75) is 19.1 Å². The van der Waals surface area contributed by atoms with Crippen LogP contribution in [0.25, 0.3) is 22.3 Å². The number of aliphatic imine (C=N–C) groups is 2. The van der Waals surface area contributed by atoms with E-state index in [1.54, 1.807) is 0 Å². The summed E-state index contributed by atoms with van der Waals surface area (Å²) in [6.45, 7) is 2.42. The molecule has 46 heavy (non-hydrogen) atoms. The molecule has 0 saturated heterocycles. The number of hydrogen-bond acceptors (Lipinski definition) is 4. The van der Waals surface area contributed by atoms with Gasteiger partial charge >= 0.3 is 0 Å². The molecule has 5 aromatic carbocycles. The highest BCUT2D eigenvalue weighted by molar-refractivity contribution is 6.16. The van der Waals surface area contributed by atoms with Crippen LogP contribution in [0.2, 0.25) is 0 Å². The molecule has 0 saturated carbocycles. The molecule has 0 fully saturated rings. The zero-order valence-electron chi connectivity index (χ0n) is 25.5. The molecular weight excluding hydrogens is 560 g/mol. The summed E-state index contributed by atoms with van der Waals surface area (Å²) in [5.41, 5.74) is 11.9. The van der Waals surface area contributed by atoms with Crippen molar-refractivity contribution >= 4 is 28.5 Å². The van der Waals surface area contributed by atoms with E-state index in [0.717, 1.165) is 34.0 Å². The largest absolute Gasteiger partial charge is 0.339 e. The Bertz CT molecular complexity index is 2100. The second-order valence-electron chi connectivity index (χ2n) is 12.4. The van der Waals surface area contributed by atoms with E-state index in [0.29, 0.717) is 0 Å². The molecule has 0 bridgehead atoms. The van der Waals surface area contributed by atoms with Crippen LogP contribution < -0.4 is 10.2 Å². The first-order valence-electron chi connectivity index (χ1n) is 15.9. The highest BCUT2D eigenvalue weighted by Crippen LogP contribution is 2.60. The van der Waals surface area contributed by atoms with E-state index in [-0.39, 0.29) is 17.6 Å². The lowest BCUT2D eigenvalue weighted by molar-refractivity contribution is 0.536. The molecule has 4 nitrogen and oxygen atoms in total. The van der Waals surface area contributed by atoms with Crippen molar-refractivity contribution in [3.05, 3.63) is 186 Å². The van der Waals surface area contributed by atoms with Crippen LogP contribution in [-0.4, -0.2) is 17.7 Å². The van der Waals surface area contributed by atoms with Crippen LogP contribution in [0.15, 0.2) is 168 Å². The molecule has 0 amide bonds. The molecule has 220 valence electrons. The third-order valence-electron chi connectivity index (χ3n) is 9.86. The third-order valence-corrected chi connectivity index (χ3v) is 9.86. The first-order valence-corrected chi connectivity index (χ1v) is 15.9. The van der Waals surface area contributed by atoms with Gasteiger partial charge in [-0.2, -0.15) is 0 Å². The minimum atomic E-state index is -0.382. The summed E-state index contributed by atoms with van der Waals surface area (Å²) in [5.74, 6) is 1.64. The Morgan fingerprint density at radius 1 is 0.609 bits per heavy atom. The number of rotatable bonds is 4. The summed E-state index contributed by atoms with van der Waals surface area (Å²) in [5, 5.41) is 3.51. The highest BCUT2D eigenvalue weighted by Gasteiger charge is 2.51. The monoisotopic (exact) mass is 592 g/mol. The number of benzene rings is 5. The summed E-state index contributed by atoms with van der Waals surface area (Å²) < 4.78 is 0. The molecule has 2 aliphatic heterocycles. The van der Waals surface area contributed by atoms with E-state index in [9.17, 15) is 0 Å². The van der Waals surface area contributed by atoms with E-state index in [1.165, 1.54) is 33.4 Å². The van der Waals surface area contributed by atoms with E-state index >= 15 is 0 Å². The van der Waals surface area contributed by atoms with Gasteiger partial charge in [0.25, 0.3) is 0 Å². The molecule has 1 N–H and O–H groups in total. The molecule has 5 aromatic rings. The first-order chi connectivity index (χ1) is 22.7. The predicted molar refractivity (Wildman–Crippen MR) is 190 cm³/mol. The predicted octanol–water partition coefficient (Wildman–Crippen LogP) is 9.05. The summed E-state index contributed by atoms with van der Waals surface area (Å²) in [7, 11) is 0. The molecular formula is C42H32N4. The fraction of sp³-hybridized carbons (Fsp3) is 0.0952. The van der Waals surface area contributed by atoms with Gasteiger partial charge in [-0.25, -0.2) is 9.98 Å². The second kappa shape index (κ2) is 10.4. The zero-order chi connectivity index (χ0) is 30.7. The van der Waals surface area contributed by atoms with Gasteiger partial charge in [0.15, 0.2) is 6.17 Å². The maximum atomic E-state index is 5.14. The zero-order valence-corrected chi connectivity index (χ0v) is 25.5. The lowest BCUT2D eigenvalue weighted by atomic mass is 9.67. The lowest BCUT2D eigenvalue weighted by Gasteiger charge is -2.40. The third kappa shape index (κ3) is 4.07. The Kier molecular flexibility index (Phi) is 6.04. The molecule has 0 spiro atoms. The number of amidine groups is 2. The average Bonchev–Trinajstić information content (AvgIpc) is 3.40. The van der Waals surface area contributed by atoms with Crippen LogP contribution in [0.1, 0.15) is 40.9 Å². The maximum Gasteiger partial charge on any atom is 0.169 e. The Morgan fingerprint density at radius 2 is 1.17 bits per heavy atom. The summed E-state index contributed by atoms with van der Waals surface area (Å²) >= 11 is 0. The number of allylic oxidation sites excluding steroid dienone is 2. The van der Waals surface area contributed by atoms with Crippen LogP contribution in [-0.2, 0) is 0 Å². The fourth-order valence-corrected chi connectivity index (χ4v) is 7.60. The minimum absolute atomic E-state index is 0.122. The molecule has 0 aromatic heterocycles. The van der Waals surface area contributed by atoms with Crippen molar-refractivity contribution in [1.82, 2.24) is 5.32 Å². The molecule has 9 rings (SSSR count). The molecule has 0 radical (unpaired) electrons. The van der Waals surface area contributed by atoms with Crippen LogP contribution >= 0.6 is 0 Å².